The normalized spacial score (nSPS) is 9.15. The van der Waals surface area contributed by atoms with E-state index in [1.165, 1.54) is 18.2 Å². The Bertz CT molecular complexity index is 1300. The van der Waals surface area contributed by atoms with Crippen molar-refractivity contribution in [2.24, 2.45) is 0 Å². The monoisotopic (exact) mass is 778 g/mol. The molecular formula is C24H15Cl3O12Y2. The second kappa shape index (κ2) is 18.9. The topological polar surface area (TPSA) is 224 Å². The number of rotatable bonds is 6. The van der Waals surface area contributed by atoms with Crippen molar-refractivity contribution in [3.63, 3.8) is 0 Å². The van der Waals surface area contributed by atoms with Gasteiger partial charge in [-0.15, -0.1) is 0 Å². The molecule has 0 amide bonds. The van der Waals surface area contributed by atoms with Crippen LogP contribution in [0.4, 0.5) is 0 Å². The summed E-state index contributed by atoms with van der Waals surface area (Å²) in [6.45, 7) is 0. The second-order valence-corrected chi connectivity index (χ2v) is 8.21. The van der Waals surface area contributed by atoms with Gasteiger partial charge in [-0.25, -0.2) is 28.8 Å². The van der Waals surface area contributed by atoms with E-state index in [0.717, 1.165) is 36.4 Å². The predicted octanol–water partition coefficient (Wildman–Crippen LogP) is 5.20. The van der Waals surface area contributed by atoms with E-state index in [-0.39, 0.29) is 114 Å². The molecule has 0 aliphatic heterocycles. The summed E-state index contributed by atoms with van der Waals surface area (Å²) in [5.41, 5.74) is -1.72. The van der Waals surface area contributed by atoms with Crippen molar-refractivity contribution in [3.8, 4) is 0 Å². The maximum Gasteiger partial charge on any atom is 0.336 e. The third-order valence-electron chi connectivity index (χ3n) is 4.33. The minimum Gasteiger partial charge on any atom is -0.478 e. The van der Waals surface area contributed by atoms with Gasteiger partial charge in [0.05, 0.1) is 33.4 Å². The van der Waals surface area contributed by atoms with Gasteiger partial charge in [-0.1, -0.05) is 34.8 Å². The Morgan fingerprint density at radius 2 is 0.537 bits per heavy atom. The van der Waals surface area contributed by atoms with Crippen LogP contribution in [0.3, 0.4) is 0 Å². The average Bonchev–Trinajstić information content (AvgIpc) is 2.84. The number of benzene rings is 3. The SMILES string of the molecule is O=C(O)c1ccc(Cl)cc1C(=O)O.O=C(O)c1ccc(Cl)cc1C(=O)O.O=C(O)c1ccc(Cl)cc1C(=O)O.[Y].[Y]. The summed E-state index contributed by atoms with van der Waals surface area (Å²) in [6, 6.07) is 10.8. The number of hydrogen-bond acceptors (Lipinski definition) is 6. The Labute approximate surface area is 295 Å². The molecule has 12 nitrogen and oxygen atoms in total. The Balaban J connectivity index is 0. The molecule has 0 saturated carbocycles. The van der Waals surface area contributed by atoms with Crippen molar-refractivity contribution in [1.82, 2.24) is 0 Å². The molecule has 6 N–H and O–H groups in total. The zero-order valence-corrected chi connectivity index (χ0v) is 28.1. The van der Waals surface area contributed by atoms with E-state index in [4.69, 9.17) is 65.4 Å². The van der Waals surface area contributed by atoms with Gasteiger partial charge in [0.1, 0.15) is 0 Å². The van der Waals surface area contributed by atoms with Crippen molar-refractivity contribution in [3.05, 3.63) is 103 Å². The molecule has 3 aromatic carbocycles. The first-order valence-corrected chi connectivity index (χ1v) is 11.0. The molecule has 0 saturated heterocycles. The molecule has 0 heterocycles. The smallest absolute Gasteiger partial charge is 0.336 e. The molecule has 0 aromatic heterocycles. The molecule has 0 unspecified atom stereocenters. The van der Waals surface area contributed by atoms with Crippen LogP contribution >= 0.6 is 34.8 Å². The molecule has 0 aliphatic carbocycles. The molecule has 17 heteroatoms. The zero-order chi connectivity index (χ0) is 30.0. The van der Waals surface area contributed by atoms with Crippen LogP contribution in [0.1, 0.15) is 62.1 Å². The van der Waals surface area contributed by atoms with Crippen molar-refractivity contribution >= 4 is 70.6 Å². The van der Waals surface area contributed by atoms with Gasteiger partial charge in [0.2, 0.25) is 0 Å². The van der Waals surface area contributed by atoms with Crippen LogP contribution in [0, 0.1) is 0 Å². The molecule has 0 bridgehead atoms. The second-order valence-electron chi connectivity index (χ2n) is 6.90. The molecule has 0 fully saturated rings. The molecule has 2 radical (unpaired) electrons. The number of hydrogen-bond donors (Lipinski definition) is 6. The zero-order valence-electron chi connectivity index (χ0n) is 20.1. The Kier molecular flexibility index (Phi) is 18.7. The largest absolute Gasteiger partial charge is 0.478 e. The summed E-state index contributed by atoms with van der Waals surface area (Å²) < 4.78 is 0. The fourth-order valence-electron chi connectivity index (χ4n) is 2.64. The summed E-state index contributed by atoms with van der Waals surface area (Å²) in [4.78, 5) is 63.3. The van der Waals surface area contributed by atoms with E-state index in [0.29, 0.717) is 0 Å². The van der Waals surface area contributed by atoms with Crippen LogP contribution in [-0.2, 0) is 65.4 Å². The summed E-state index contributed by atoms with van der Waals surface area (Å²) in [7, 11) is 0. The van der Waals surface area contributed by atoms with Crippen molar-refractivity contribution in [2.75, 3.05) is 0 Å². The van der Waals surface area contributed by atoms with Crippen LogP contribution in [0.25, 0.3) is 0 Å². The van der Waals surface area contributed by atoms with Crippen molar-refractivity contribution in [2.45, 2.75) is 0 Å². The minimum atomic E-state index is -1.31. The van der Waals surface area contributed by atoms with E-state index in [9.17, 15) is 28.8 Å². The Morgan fingerprint density at radius 3 is 0.683 bits per heavy atom. The molecular weight excluding hydrogens is 764 g/mol. The van der Waals surface area contributed by atoms with Crippen LogP contribution in [0.5, 0.6) is 0 Å². The number of carboxylic acid groups (broad SMARTS) is 6. The fourth-order valence-corrected chi connectivity index (χ4v) is 3.16. The number of halogens is 3. The van der Waals surface area contributed by atoms with E-state index >= 15 is 0 Å². The van der Waals surface area contributed by atoms with E-state index in [1.807, 2.05) is 0 Å². The van der Waals surface area contributed by atoms with E-state index < -0.39 is 35.8 Å². The van der Waals surface area contributed by atoms with Crippen molar-refractivity contribution < 1.29 is 125 Å². The predicted molar refractivity (Wildman–Crippen MR) is 136 cm³/mol. The minimum absolute atomic E-state index is 0. The standard InChI is InChI=1S/3C8H5ClO4.2Y/c3*9-4-1-2-5(7(10)11)6(3-4)8(12)13;;/h3*1-3H,(H,10,11)(H,12,13);;. The van der Waals surface area contributed by atoms with Crippen LogP contribution < -0.4 is 0 Å². The molecule has 3 rings (SSSR count). The molecule has 41 heavy (non-hydrogen) atoms. The summed E-state index contributed by atoms with van der Waals surface area (Å²) >= 11 is 16.5. The maximum absolute atomic E-state index is 10.6. The van der Waals surface area contributed by atoms with E-state index in [1.54, 1.807) is 0 Å². The molecule has 0 spiro atoms. The van der Waals surface area contributed by atoms with Gasteiger partial charge in [0.25, 0.3) is 0 Å². The summed E-state index contributed by atoms with van der Waals surface area (Å²) in [5, 5.41) is 52.2. The van der Waals surface area contributed by atoms with E-state index in [2.05, 4.69) is 0 Å². The number of aromatic carboxylic acids is 6. The first-order valence-electron chi connectivity index (χ1n) is 9.85. The molecule has 0 atom stereocenters. The van der Waals surface area contributed by atoms with Gasteiger partial charge < -0.3 is 30.6 Å². The van der Waals surface area contributed by atoms with Crippen molar-refractivity contribution in [1.29, 1.82) is 0 Å². The quantitative estimate of drug-likeness (QED) is 0.190. The third kappa shape index (κ3) is 12.9. The summed E-state index contributed by atoms with van der Waals surface area (Å²) in [6.07, 6.45) is 0. The van der Waals surface area contributed by atoms with Gasteiger partial charge in [0, 0.05) is 80.5 Å². The maximum atomic E-state index is 10.6. The molecule has 210 valence electrons. The van der Waals surface area contributed by atoms with Crippen LogP contribution in [0.2, 0.25) is 15.1 Å². The first-order chi connectivity index (χ1) is 18.1. The summed E-state index contributed by atoms with van der Waals surface area (Å²) in [5.74, 6) is -7.77. The Morgan fingerprint density at radius 1 is 0.366 bits per heavy atom. The molecule has 3 aromatic rings. The molecule has 0 aliphatic rings. The van der Waals surface area contributed by atoms with Gasteiger partial charge in [-0.3, -0.25) is 0 Å². The Hall–Kier alpha value is -2.44. The number of carbonyl (C=O) groups is 6. The number of carboxylic acids is 6. The first kappa shape index (κ1) is 40.7. The fraction of sp³-hybridized carbons (Fsp3) is 0. The van der Waals surface area contributed by atoms with Gasteiger partial charge in [-0.05, 0) is 54.6 Å². The van der Waals surface area contributed by atoms with Gasteiger partial charge in [0.15, 0.2) is 0 Å². The third-order valence-corrected chi connectivity index (χ3v) is 5.03. The average molecular weight is 780 g/mol. The van der Waals surface area contributed by atoms with Crippen LogP contribution in [0.15, 0.2) is 54.6 Å². The van der Waals surface area contributed by atoms with Crippen LogP contribution in [-0.4, -0.2) is 66.5 Å². The van der Waals surface area contributed by atoms with Gasteiger partial charge in [-0.2, -0.15) is 0 Å². The van der Waals surface area contributed by atoms with Gasteiger partial charge >= 0.3 is 35.8 Å².